The van der Waals surface area contributed by atoms with E-state index < -0.39 is 11.9 Å². The smallest absolute Gasteiger partial charge is 0.308 e. The average molecular weight is 271 g/mol. The van der Waals surface area contributed by atoms with Gasteiger partial charge in [-0.1, -0.05) is 30.3 Å². The zero-order chi connectivity index (χ0) is 14.1. The molecule has 1 aromatic carbocycles. The number of nitrogens with one attached hydrogen (secondary N) is 1. The lowest BCUT2D eigenvalue weighted by Crippen LogP contribution is -2.26. The molecule has 2 N–H and O–H groups in total. The molecule has 6 heteroatoms. The fourth-order valence-corrected chi connectivity index (χ4v) is 2.40. The van der Waals surface area contributed by atoms with Crippen molar-refractivity contribution in [2.75, 3.05) is 11.4 Å². The minimum Gasteiger partial charge on any atom is -0.481 e. The molecule has 0 bridgehead atoms. The summed E-state index contributed by atoms with van der Waals surface area (Å²) in [5.41, 5.74) is 1.73. The van der Waals surface area contributed by atoms with Gasteiger partial charge in [0.1, 0.15) is 5.82 Å². The highest BCUT2D eigenvalue weighted by molar-refractivity contribution is 6.01. The third-order valence-corrected chi connectivity index (χ3v) is 3.45. The Kier molecular flexibility index (Phi) is 2.98. The van der Waals surface area contributed by atoms with Crippen molar-refractivity contribution < 1.29 is 14.7 Å². The van der Waals surface area contributed by atoms with E-state index in [9.17, 15) is 9.59 Å². The van der Waals surface area contributed by atoms with Crippen LogP contribution in [0.1, 0.15) is 6.42 Å². The van der Waals surface area contributed by atoms with Gasteiger partial charge in [0.25, 0.3) is 0 Å². The molecule has 1 fully saturated rings. The summed E-state index contributed by atoms with van der Waals surface area (Å²) in [5.74, 6) is -1.24. The average Bonchev–Trinajstić information content (AvgIpc) is 3.05. The number of carbonyl (C=O) groups excluding carboxylic acids is 1. The van der Waals surface area contributed by atoms with Crippen LogP contribution in [-0.2, 0) is 9.59 Å². The van der Waals surface area contributed by atoms with Crippen LogP contribution in [0.15, 0.2) is 36.5 Å². The molecular formula is C14H13N3O3. The number of aromatic nitrogens is 2. The molecular weight excluding hydrogens is 258 g/mol. The highest BCUT2D eigenvalue weighted by Crippen LogP contribution is 2.32. The largest absolute Gasteiger partial charge is 0.481 e. The van der Waals surface area contributed by atoms with Gasteiger partial charge in [0, 0.05) is 18.5 Å². The SMILES string of the molecule is O=C(O)C1CC(=O)N(c2[nH]ncc2-c2ccccc2)C1. The minimum absolute atomic E-state index is 0.0303. The van der Waals surface area contributed by atoms with Crippen LogP contribution in [-0.4, -0.2) is 33.7 Å². The second kappa shape index (κ2) is 4.80. The van der Waals surface area contributed by atoms with Crippen LogP contribution < -0.4 is 4.90 Å². The standard InChI is InChI=1S/C14H13N3O3/c18-12-6-10(14(19)20)8-17(12)13-11(7-15-16-13)9-4-2-1-3-5-9/h1-5,7,10H,6,8H2,(H,15,16)(H,19,20). The molecule has 20 heavy (non-hydrogen) atoms. The Morgan fingerprint density at radius 1 is 1.35 bits per heavy atom. The predicted octanol–water partition coefficient (Wildman–Crippen LogP) is 1.51. The first-order valence-electron chi connectivity index (χ1n) is 6.29. The van der Waals surface area contributed by atoms with Gasteiger partial charge >= 0.3 is 5.97 Å². The number of rotatable bonds is 3. The zero-order valence-corrected chi connectivity index (χ0v) is 10.6. The van der Waals surface area contributed by atoms with Crippen LogP contribution in [0.4, 0.5) is 5.82 Å². The number of carboxylic acid groups (broad SMARTS) is 1. The summed E-state index contributed by atoms with van der Waals surface area (Å²) in [6.07, 6.45) is 1.68. The van der Waals surface area contributed by atoms with Gasteiger partial charge in [-0.25, -0.2) is 0 Å². The number of aromatic amines is 1. The first-order valence-corrected chi connectivity index (χ1v) is 6.29. The number of carbonyl (C=O) groups is 2. The van der Waals surface area contributed by atoms with E-state index in [-0.39, 0.29) is 18.9 Å². The lowest BCUT2D eigenvalue weighted by Gasteiger charge is -2.15. The second-order valence-corrected chi connectivity index (χ2v) is 4.74. The Balaban J connectivity index is 1.95. The highest BCUT2D eigenvalue weighted by Gasteiger charge is 2.36. The van der Waals surface area contributed by atoms with E-state index in [4.69, 9.17) is 5.11 Å². The molecule has 0 radical (unpaired) electrons. The summed E-state index contributed by atoms with van der Waals surface area (Å²) in [4.78, 5) is 24.5. The topological polar surface area (TPSA) is 86.3 Å². The molecule has 1 amide bonds. The van der Waals surface area contributed by atoms with Gasteiger partial charge in [-0.15, -0.1) is 0 Å². The second-order valence-electron chi connectivity index (χ2n) is 4.74. The van der Waals surface area contributed by atoms with Crippen molar-refractivity contribution in [1.29, 1.82) is 0 Å². The number of amides is 1. The van der Waals surface area contributed by atoms with Crippen molar-refractivity contribution in [2.24, 2.45) is 5.92 Å². The zero-order valence-electron chi connectivity index (χ0n) is 10.6. The van der Waals surface area contributed by atoms with E-state index in [0.29, 0.717) is 5.82 Å². The molecule has 0 aliphatic carbocycles. The summed E-state index contributed by atoms with van der Waals surface area (Å²) >= 11 is 0. The summed E-state index contributed by atoms with van der Waals surface area (Å²) in [6.45, 7) is 0.177. The van der Waals surface area contributed by atoms with Crippen LogP contribution >= 0.6 is 0 Å². The van der Waals surface area contributed by atoms with E-state index in [1.165, 1.54) is 4.90 Å². The first kappa shape index (κ1) is 12.4. The number of hydrogen-bond donors (Lipinski definition) is 2. The number of nitrogens with zero attached hydrogens (tertiary/aromatic N) is 2. The van der Waals surface area contributed by atoms with Gasteiger partial charge in [0.2, 0.25) is 5.91 Å². The van der Waals surface area contributed by atoms with Crippen molar-refractivity contribution in [2.45, 2.75) is 6.42 Å². The van der Waals surface area contributed by atoms with Crippen LogP contribution in [0.25, 0.3) is 11.1 Å². The quantitative estimate of drug-likeness (QED) is 0.886. The lowest BCUT2D eigenvalue weighted by molar-refractivity contribution is -0.141. The maximum absolute atomic E-state index is 12.0. The highest BCUT2D eigenvalue weighted by atomic mass is 16.4. The maximum Gasteiger partial charge on any atom is 0.308 e. The number of hydrogen-bond acceptors (Lipinski definition) is 3. The normalized spacial score (nSPS) is 18.5. The summed E-state index contributed by atoms with van der Waals surface area (Å²) in [6, 6.07) is 9.55. The van der Waals surface area contributed by atoms with E-state index in [1.807, 2.05) is 30.3 Å². The molecule has 1 saturated heterocycles. The molecule has 2 heterocycles. The molecule has 6 nitrogen and oxygen atoms in total. The van der Waals surface area contributed by atoms with Gasteiger partial charge in [-0.2, -0.15) is 5.10 Å². The Hall–Kier alpha value is -2.63. The van der Waals surface area contributed by atoms with Crippen molar-refractivity contribution in [1.82, 2.24) is 10.2 Å². The monoisotopic (exact) mass is 271 g/mol. The van der Waals surface area contributed by atoms with E-state index in [1.54, 1.807) is 6.20 Å². The van der Waals surface area contributed by atoms with E-state index in [2.05, 4.69) is 10.2 Å². The van der Waals surface area contributed by atoms with Gasteiger partial charge in [0.05, 0.1) is 12.1 Å². The van der Waals surface area contributed by atoms with Crippen LogP contribution in [0.2, 0.25) is 0 Å². The third kappa shape index (κ3) is 2.05. The number of benzene rings is 1. The molecule has 0 spiro atoms. The molecule has 1 unspecified atom stereocenters. The molecule has 0 saturated carbocycles. The van der Waals surface area contributed by atoms with Crippen LogP contribution in [0.3, 0.4) is 0 Å². The number of carboxylic acids is 1. The van der Waals surface area contributed by atoms with Gasteiger partial charge < -0.3 is 5.11 Å². The fourth-order valence-electron chi connectivity index (χ4n) is 2.40. The maximum atomic E-state index is 12.0. The van der Waals surface area contributed by atoms with Crippen molar-refractivity contribution in [3.8, 4) is 11.1 Å². The third-order valence-electron chi connectivity index (χ3n) is 3.45. The molecule has 3 rings (SSSR count). The van der Waals surface area contributed by atoms with E-state index in [0.717, 1.165) is 11.1 Å². The Labute approximate surface area is 115 Å². The summed E-state index contributed by atoms with van der Waals surface area (Å²) in [5, 5.41) is 15.8. The first-order chi connectivity index (χ1) is 9.66. The molecule has 2 aromatic rings. The number of H-pyrrole nitrogens is 1. The fraction of sp³-hybridized carbons (Fsp3) is 0.214. The molecule has 1 atom stereocenters. The summed E-state index contributed by atoms with van der Waals surface area (Å²) in [7, 11) is 0. The molecule has 1 aliphatic heterocycles. The molecule has 102 valence electrons. The Morgan fingerprint density at radius 3 is 2.75 bits per heavy atom. The van der Waals surface area contributed by atoms with Gasteiger partial charge in [-0.3, -0.25) is 19.6 Å². The van der Waals surface area contributed by atoms with Crippen molar-refractivity contribution in [3.05, 3.63) is 36.5 Å². The van der Waals surface area contributed by atoms with Gasteiger partial charge in [0.15, 0.2) is 0 Å². The van der Waals surface area contributed by atoms with Crippen molar-refractivity contribution in [3.63, 3.8) is 0 Å². The lowest BCUT2D eigenvalue weighted by atomic mass is 10.1. The number of anilines is 1. The van der Waals surface area contributed by atoms with Gasteiger partial charge in [-0.05, 0) is 5.56 Å². The molecule has 1 aliphatic rings. The van der Waals surface area contributed by atoms with Crippen LogP contribution in [0, 0.1) is 5.92 Å². The minimum atomic E-state index is -0.943. The van der Waals surface area contributed by atoms with Crippen LogP contribution in [0.5, 0.6) is 0 Å². The van der Waals surface area contributed by atoms with E-state index >= 15 is 0 Å². The number of aliphatic carboxylic acids is 1. The Morgan fingerprint density at radius 2 is 2.10 bits per heavy atom. The molecule has 1 aromatic heterocycles. The predicted molar refractivity (Wildman–Crippen MR) is 72.1 cm³/mol. The van der Waals surface area contributed by atoms with Crippen molar-refractivity contribution >= 4 is 17.7 Å². The Bertz CT molecular complexity index is 651. The summed E-state index contributed by atoms with van der Waals surface area (Å²) < 4.78 is 0.